The van der Waals surface area contributed by atoms with Gasteiger partial charge in [-0.05, 0) is 67.5 Å². The van der Waals surface area contributed by atoms with Crippen molar-refractivity contribution in [1.82, 2.24) is 0 Å². The van der Waals surface area contributed by atoms with E-state index >= 15 is 0 Å². The largest absolute Gasteiger partial charge is 0.496 e. The summed E-state index contributed by atoms with van der Waals surface area (Å²) in [6.07, 6.45) is 4.57. The minimum atomic E-state index is 0.0733. The van der Waals surface area contributed by atoms with E-state index in [1.807, 2.05) is 25.1 Å². The number of ketones is 1. The van der Waals surface area contributed by atoms with Gasteiger partial charge in [0.2, 0.25) is 0 Å². The maximum atomic E-state index is 13.1. The minimum absolute atomic E-state index is 0.0733. The zero-order chi connectivity index (χ0) is 20.1. The first-order valence-corrected chi connectivity index (χ1v) is 9.93. The second-order valence-corrected chi connectivity index (χ2v) is 7.63. The lowest BCUT2D eigenvalue weighted by atomic mass is 9.75. The predicted octanol–water partition coefficient (Wildman–Crippen LogP) is 4.79. The number of carbonyl (C=O) groups excluding carboxylic acids is 1. The van der Waals surface area contributed by atoms with Gasteiger partial charge >= 0.3 is 0 Å². The van der Waals surface area contributed by atoms with Crippen LogP contribution in [0, 0.1) is 18.8 Å². The highest BCUT2D eigenvalue weighted by atomic mass is 16.5. The smallest absolute Gasteiger partial charge is 0.160 e. The summed E-state index contributed by atoms with van der Waals surface area (Å²) in [7, 11) is 4.96. The van der Waals surface area contributed by atoms with E-state index in [2.05, 4.69) is 18.2 Å². The monoisotopic (exact) mass is 382 g/mol. The molecule has 1 fully saturated rings. The van der Waals surface area contributed by atoms with Gasteiger partial charge in [0, 0.05) is 11.8 Å². The van der Waals surface area contributed by atoms with Gasteiger partial charge in [-0.15, -0.1) is 0 Å². The van der Waals surface area contributed by atoms with E-state index in [0.29, 0.717) is 17.3 Å². The number of carbonyl (C=O) groups is 1. The fraction of sp³-hybridized carbons (Fsp3) is 0.458. The van der Waals surface area contributed by atoms with E-state index in [0.717, 1.165) is 49.0 Å². The van der Waals surface area contributed by atoms with Crippen LogP contribution in [-0.2, 0) is 17.6 Å². The molecule has 0 aromatic heterocycles. The van der Waals surface area contributed by atoms with Gasteiger partial charge < -0.3 is 14.2 Å². The molecule has 2 atom stereocenters. The molecular formula is C24H30O4. The summed E-state index contributed by atoms with van der Waals surface area (Å²) in [4.78, 5) is 13.1. The van der Waals surface area contributed by atoms with E-state index < -0.39 is 0 Å². The molecule has 4 nitrogen and oxygen atoms in total. The first kappa shape index (κ1) is 20.2. The molecule has 3 rings (SSSR count). The Kier molecular flexibility index (Phi) is 6.61. The van der Waals surface area contributed by atoms with Crippen LogP contribution in [0.4, 0.5) is 0 Å². The highest BCUT2D eigenvalue weighted by Crippen LogP contribution is 2.34. The van der Waals surface area contributed by atoms with Crippen LogP contribution in [0.15, 0.2) is 36.4 Å². The average molecular weight is 383 g/mol. The highest BCUT2D eigenvalue weighted by Gasteiger charge is 2.31. The number of rotatable bonds is 7. The molecule has 1 aliphatic rings. The molecule has 150 valence electrons. The summed E-state index contributed by atoms with van der Waals surface area (Å²) in [6.45, 7) is 2.04. The fourth-order valence-corrected chi connectivity index (χ4v) is 4.20. The number of benzene rings is 2. The normalized spacial score (nSPS) is 19.4. The van der Waals surface area contributed by atoms with Gasteiger partial charge in [0.25, 0.3) is 0 Å². The van der Waals surface area contributed by atoms with Crippen LogP contribution in [0.2, 0.25) is 0 Å². The van der Waals surface area contributed by atoms with Gasteiger partial charge in [0.1, 0.15) is 11.5 Å². The summed E-state index contributed by atoms with van der Waals surface area (Å²) >= 11 is 0. The van der Waals surface area contributed by atoms with Crippen molar-refractivity contribution in [1.29, 1.82) is 0 Å². The van der Waals surface area contributed by atoms with E-state index in [-0.39, 0.29) is 11.8 Å². The Bertz CT molecular complexity index is 827. The first-order chi connectivity index (χ1) is 13.5. The molecule has 1 aliphatic carbocycles. The lowest BCUT2D eigenvalue weighted by Gasteiger charge is -2.28. The van der Waals surface area contributed by atoms with Crippen LogP contribution >= 0.6 is 0 Å². The van der Waals surface area contributed by atoms with Crippen molar-refractivity contribution in [2.24, 2.45) is 11.8 Å². The molecule has 28 heavy (non-hydrogen) atoms. The number of hydrogen-bond acceptors (Lipinski definition) is 4. The average Bonchev–Trinajstić information content (AvgIpc) is 2.72. The molecule has 1 saturated carbocycles. The molecule has 0 unspecified atom stereocenters. The van der Waals surface area contributed by atoms with Crippen molar-refractivity contribution in [3.8, 4) is 17.2 Å². The third kappa shape index (κ3) is 4.49. The maximum absolute atomic E-state index is 13.1. The molecule has 2 aromatic rings. The molecular weight excluding hydrogens is 352 g/mol. The quantitative estimate of drug-likeness (QED) is 0.691. The Morgan fingerprint density at radius 1 is 0.786 bits per heavy atom. The van der Waals surface area contributed by atoms with Crippen molar-refractivity contribution in [3.05, 3.63) is 53.1 Å². The van der Waals surface area contributed by atoms with Crippen LogP contribution < -0.4 is 14.2 Å². The lowest BCUT2D eigenvalue weighted by Crippen LogP contribution is -2.31. The predicted molar refractivity (Wildman–Crippen MR) is 111 cm³/mol. The van der Waals surface area contributed by atoms with Gasteiger partial charge in [-0.2, -0.15) is 0 Å². The van der Waals surface area contributed by atoms with E-state index in [9.17, 15) is 4.79 Å². The number of methoxy groups -OCH3 is 3. The molecule has 0 bridgehead atoms. The highest BCUT2D eigenvalue weighted by molar-refractivity contribution is 5.84. The van der Waals surface area contributed by atoms with Crippen molar-refractivity contribution >= 4 is 5.78 Å². The van der Waals surface area contributed by atoms with E-state index in [4.69, 9.17) is 14.2 Å². The maximum Gasteiger partial charge on any atom is 0.160 e. The standard InChI is InChI=1S/C24H30O4/c1-16-8-9-17(14-22(16)27-3)12-19-6-5-7-20(24(19)25)13-18-10-11-21(26-2)23(15-18)28-4/h8-11,14-15,19-20H,5-7,12-13H2,1-4H3/t19-,20-/m1/s1. The molecule has 2 aromatic carbocycles. The zero-order valence-electron chi connectivity index (χ0n) is 17.3. The molecule has 0 amide bonds. The summed E-state index contributed by atoms with van der Waals surface area (Å²) in [5.74, 6) is 2.87. The van der Waals surface area contributed by atoms with Crippen molar-refractivity contribution < 1.29 is 19.0 Å². The van der Waals surface area contributed by atoms with Gasteiger partial charge in [0.05, 0.1) is 21.3 Å². The van der Waals surface area contributed by atoms with Crippen molar-refractivity contribution in [2.75, 3.05) is 21.3 Å². The van der Waals surface area contributed by atoms with Gasteiger partial charge in [-0.3, -0.25) is 4.79 Å². The molecule has 0 N–H and O–H groups in total. The molecule has 0 saturated heterocycles. The molecule has 0 heterocycles. The van der Waals surface area contributed by atoms with Crippen molar-refractivity contribution in [2.45, 2.75) is 39.0 Å². The van der Waals surface area contributed by atoms with Crippen LogP contribution in [0.5, 0.6) is 17.2 Å². The Balaban J connectivity index is 1.70. The van der Waals surface area contributed by atoms with Crippen LogP contribution in [0.25, 0.3) is 0 Å². The van der Waals surface area contributed by atoms with Crippen LogP contribution in [0.3, 0.4) is 0 Å². The lowest BCUT2D eigenvalue weighted by molar-refractivity contribution is -0.129. The van der Waals surface area contributed by atoms with Gasteiger partial charge in [-0.1, -0.05) is 24.6 Å². The molecule has 0 radical (unpaired) electrons. The van der Waals surface area contributed by atoms with Gasteiger partial charge in [0.15, 0.2) is 11.5 Å². The zero-order valence-corrected chi connectivity index (χ0v) is 17.3. The van der Waals surface area contributed by atoms with E-state index in [1.165, 1.54) is 5.56 Å². The van der Waals surface area contributed by atoms with Gasteiger partial charge in [-0.25, -0.2) is 0 Å². The summed E-state index contributed by atoms with van der Waals surface area (Å²) in [5, 5.41) is 0. The third-order valence-electron chi connectivity index (χ3n) is 5.79. The number of Topliss-reactive ketones (excluding diaryl/α,β-unsaturated/α-hetero) is 1. The Hall–Kier alpha value is -2.49. The van der Waals surface area contributed by atoms with E-state index in [1.54, 1.807) is 21.3 Å². The molecule has 4 heteroatoms. The Labute approximate surface area is 167 Å². The third-order valence-corrected chi connectivity index (χ3v) is 5.79. The number of hydrogen-bond donors (Lipinski definition) is 0. The molecule has 0 aliphatic heterocycles. The Morgan fingerprint density at radius 2 is 1.32 bits per heavy atom. The fourth-order valence-electron chi connectivity index (χ4n) is 4.20. The van der Waals surface area contributed by atoms with Crippen LogP contribution in [0.1, 0.15) is 36.0 Å². The second-order valence-electron chi connectivity index (χ2n) is 7.63. The SMILES string of the molecule is COc1cc(C[C@H]2CCC[C@H](Cc3ccc(OC)c(OC)c3)C2=O)ccc1C. The summed E-state index contributed by atoms with van der Waals surface area (Å²) in [5.41, 5.74) is 3.41. The van der Waals surface area contributed by atoms with Crippen molar-refractivity contribution in [3.63, 3.8) is 0 Å². The number of aryl methyl sites for hydroxylation is 1. The topological polar surface area (TPSA) is 44.8 Å². The summed E-state index contributed by atoms with van der Waals surface area (Å²) < 4.78 is 16.1. The second kappa shape index (κ2) is 9.13. The molecule has 0 spiro atoms. The first-order valence-electron chi connectivity index (χ1n) is 9.93. The number of ether oxygens (including phenoxy) is 3. The van der Waals surface area contributed by atoms with Crippen LogP contribution in [-0.4, -0.2) is 27.1 Å². The Morgan fingerprint density at radius 3 is 1.89 bits per heavy atom. The summed E-state index contributed by atoms with van der Waals surface area (Å²) in [6, 6.07) is 12.2. The minimum Gasteiger partial charge on any atom is -0.496 e.